The van der Waals surface area contributed by atoms with Crippen molar-refractivity contribution in [1.29, 1.82) is 0 Å². The second-order valence-electron chi connectivity index (χ2n) is 10.1. The minimum atomic E-state index is -1.45. The highest BCUT2D eigenvalue weighted by Crippen LogP contribution is 2.42. The molecule has 0 atom stereocenters. The zero-order valence-electron chi connectivity index (χ0n) is 19.3. The summed E-state index contributed by atoms with van der Waals surface area (Å²) in [4.78, 5) is 0. The van der Waals surface area contributed by atoms with Crippen molar-refractivity contribution in [1.82, 2.24) is 0 Å². The summed E-state index contributed by atoms with van der Waals surface area (Å²) in [6.45, 7) is 2.66. The minimum Gasteiger partial charge on any atom is -0.490 e. The first-order valence-electron chi connectivity index (χ1n) is 12.8. The normalized spacial score (nSPS) is 26.7. The van der Waals surface area contributed by atoms with E-state index < -0.39 is 17.5 Å². The lowest BCUT2D eigenvalue weighted by Crippen LogP contribution is -2.27. The van der Waals surface area contributed by atoms with Gasteiger partial charge in [0.2, 0.25) is 5.82 Å². The van der Waals surface area contributed by atoms with E-state index in [2.05, 4.69) is 6.92 Å². The van der Waals surface area contributed by atoms with Gasteiger partial charge in [-0.05, 0) is 74.3 Å². The monoisotopic (exact) mass is 438 g/mol. The van der Waals surface area contributed by atoms with Gasteiger partial charge in [0.05, 0.1) is 6.61 Å². The van der Waals surface area contributed by atoms with Crippen molar-refractivity contribution in [2.45, 2.75) is 103 Å². The van der Waals surface area contributed by atoms with Gasteiger partial charge in [-0.15, -0.1) is 0 Å². The SMILES string of the molecule is CCCCCCCC[C@H]1CC[C@H]([C@H]2CC[C@H](COc3ccc(F)c(F)c3F)CC2)CC1. The van der Waals surface area contributed by atoms with Gasteiger partial charge < -0.3 is 4.74 Å². The van der Waals surface area contributed by atoms with Crippen molar-refractivity contribution in [2.75, 3.05) is 6.61 Å². The van der Waals surface area contributed by atoms with Gasteiger partial charge >= 0.3 is 0 Å². The van der Waals surface area contributed by atoms with Crippen molar-refractivity contribution in [3.05, 3.63) is 29.6 Å². The van der Waals surface area contributed by atoms with Crippen LogP contribution in [0.25, 0.3) is 0 Å². The fraction of sp³-hybridized carbons (Fsp3) is 0.778. The summed E-state index contributed by atoms with van der Waals surface area (Å²) < 4.78 is 45.6. The van der Waals surface area contributed by atoms with E-state index in [0.717, 1.165) is 36.7 Å². The number of hydrogen-bond donors (Lipinski definition) is 0. The summed E-state index contributed by atoms with van der Waals surface area (Å²) in [5.41, 5.74) is 0. The van der Waals surface area contributed by atoms with E-state index in [-0.39, 0.29) is 5.75 Å². The van der Waals surface area contributed by atoms with Gasteiger partial charge in [0.25, 0.3) is 0 Å². The van der Waals surface area contributed by atoms with Crippen LogP contribution in [-0.2, 0) is 0 Å². The van der Waals surface area contributed by atoms with E-state index in [1.165, 1.54) is 89.5 Å². The number of hydrogen-bond acceptors (Lipinski definition) is 1. The Morgan fingerprint density at radius 1 is 0.710 bits per heavy atom. The van der Waals surface area contributed by atoms with Crippen LogP contribution >= 0.6 is 0 Å². The molecule has 1 nitrogen and oxygen atoms in total. The number of halogens is 3. The molecule has 0 N–H and O–H groups in total. The number of rotatable bonds is 11. The van der Waals surface area contributed by atoms with Gasteiger partial charge in [0.1, 0.15) is 0 Å². The van der Waals surface area contributed by atoms with Gasteiger partial charge in [-0.2, -0.15) is 4.39 Å². The van der Waals surface area contributed by atoms with Gasteiger partial charge in [-0.3, -0.25) is 0 Å². The molecule has 3 rings (SSSR count). The van der Waals surface area contributed by atoms with Crippen LogP contribution in [0.4, 0.5) is 13.2 Å². The first kappa shape index (κ1) is 24.5. The summed E-state index contributed by atoms with van der Waals surface area (Å²) in [7, 11) is 0. The Kier molecular flexibility index (Phi) is 10.1. The molecule has 0 aromatic heterocycles. The first-order chi connectivity index (χ1) is 15.1. The molecule has 1 aromatic carbocycles. The lowest BCUT2D eigenvalue weighted by Gasteiger charge is -2.38. The molecule has 0 aliphatic heterocycles. The van der Waals surface area contributed by atoms with Gasteiger partial charge in [0, 0.05) is 0 Å². The van der Waals surface area contributed by atoms with E-state index in [9.17, 15) is 13.2 Å². The predicted octanol–water partition coefficient (Wildman–Crippen LogP) is 8.85. The maximum Gasteiger partial charge on any atom is 0.203 e. The predicted molar refractivity (Wildman–Crippen MR) is 121 cm³/mol. The molecule has 2 saturated carbocycles. The van der Waals surface area contributed by atoms with E-state index in [4.69, 9.17) is 4.74 Å². The first-order valence-corrected chi connectivity index (χ1v) is 12.8. The van der Waals surface area contributed by atoms with Crippen LogP contribution in [0.2, 0.25) is 0 Å². The molecule has 176 valence electrons. The van der Waals surface area contributed by atoms with Crippen LogP contribution < -0.4 is 4.74 Å². The molecule has 0 bridgehead atoms. The summed E-state index contributed by atoms with van der Waals surface area (Å²) in [6, 6.07) is 2.11. The van der Waals surface area contributed by atoms with Crippen molar-refractivity contribution in [3.8, 4) is 5.75 Å². The third-order valence-electron chi connectivity index (χ3n) is 7.89. The van der Waals surface area contributed by atoms with Crippen molar-refractivity contribution < 1.29 is 17.9 Å². The molecule has 0 amide bonds. The lowest BCUT2D eigenvalue weighted by atomic mass is 9.69. The molecule has 2 aliphatic rings. The zero-order valence-corrected chi connectivity index (χ0v) is 19.3. The highest BCUT2D eigenvalue weighted by atomic mass is 19.2. The van der Waals surface area contributed by atoms with Gasteiger partial charge in [-0.25, -0.2) is 8.78 Å². The molecule has 0 saturated heterocycles. The maximum atomic E-state index is 13.8. The highest BCUT2D eigenvalue weighted by Gasteiger charge is 2.31. The fourth-order valence-electron chi connectivity index (χ4n) is 5.82. The average molecular weight is 439 g/mol. The van der Waals surface area contributed by atoms with Crippen molar-refractivity contribution in [3.63, 3.8) is 0 Å². The Labute approximate surface area is 187 Å². The third kappa shape index (κ3) is 7.43. The second kappa shape index (κ2) is 12.7. The largest absolute Gasteiger partial charge is 0.490 e. The van der Waals surface area contributed by atoms with Crippen LogP contribution in [0.15, 0.2) is 12.1 Å². The van der Waals surface area contributed by atoms with E-state index in [1.807, 2.05) is 0 Å². The summed E-state index contributed by atoms with van der Waals surface area (Å²) in [6.07, 6.45) is 20.1. The van der Waals surface area contributed by atoms with Crippen molar-refractivity contribution >= 4 is 0 Å². The van der Waals surface area contributed by atoms with Crippen molar-refractivity contribution in [2.24, 2.45) is 23.7 Å². The molecule has 2 aliphatic carbocycles. The van der Waals surface area contributed by atoms with Gasteiger partial charge in [-0.1, -0.05) is 64.7 Å². The Balaban J connectivity index is 1.30. The van der Waals surface area contributed by atoms with Crippen LogP contribution in [0.1, 0.15) is 103 Å². The standard InChI is InChI=1S/C27H41F3O/c1-2-3-4-5-6-7-8-20-9-13-22(14-10-20)23-15-11-21(12-16-23)19-31-25-18-17-24(28)26(29)27(25)30/h17-18,20-23H,2-16,19H2,1H3/t20-,21-,22-,23-. The molecule has 0 heterocycles. The number of benzene rings is 1. The second-order valence-corrected chi connectivity index (χ2v) is 10.1. The Bertz CT molecular complexity index is 646. The van der Waals surface area contributed by atoms with Crippen LogP contribution in [-0.4, -0.2) is 6.61 Å². The highest BCUT2D eigenvalue weighted by molar-refractivity contribution is 5.26. The minimum absolute atomic E-state index is 0.176. The summed E-state index contributed by atoms with van der Waals surface area (Å²) in [5.74, 6) is -0.972. The Hall–Kier alpha value is -1.19. The molecular formula is C27H41F3O. The molecule has 2 fully saturated rings. The Morgan fingerprint density at radius 3 is 1.94 bits per heavy atom. The molecular weight excluding hydrogens is 397 g/mol. The molecule has 0 spiro atoms. The van der Waals surface area contributed by atoms with Gasteiger partial charge in [0.15, 0.2) is 17.4 Å². The molecule has 0 radical (unpaired) electrons. The van der Waals surface area contributed by atoms with E-state index in [1.54, 1.807) is 0 Å². The van der Waals surface area contributed by atoms with Crippen LogP contribution in [0.3, 0.4) is 0 Å². The quantitative estimate of drug-likeness (QED) is 0.248. The number of unbranched alkanes of at least 4 members (excludes halogenated alkanes) is 5. The van der Waals surface area contributed by atoms with Crippen LogP contribution in [0.5, 0.6) is 5.75 Å². The summed E-state index contributed by atoms with van der Waals surface area (Å²) in [5, 5.41) is 0. The Morgan fingerprint density at radius 2 is 1.29 bits per heavy atom. The topological polar surface area (TPSA) is 9.23 Å². The summed E-state index contributed by atoms with van der Waals surface area (Å²) >= 11 is 0. The van der Waals surface area contributed by atoms with E-state index >= 15 is 0 Å². The molecule has 4 heteroatoms. The maximum absolute atomic E-state index is 13.8. The van der Waals surface area contributed by atoms with E-state index in [0.29, 0.717) is 12.5 Å². The third-order valence-corrected chi connectivity index (χ3v) is 7.89. The average Bonchev–Trinajstić information content (AvgIpc) is 2.80. The molecule has 31 heavy (non-hydrogen) atoms. The smallest absolute Gasteiger partial charge is 0.203 e. The fourth-order valence-corrected chi connectivity index (χ4v) is 5.82. The zero-order chi connectivity index (χ0) is 22.1. The van der Waals surface area contributed by atoms with Crippen LogP contribution in [0, 0.1) is 41.1 Å². The lowest BCUT2D eigenvalue weighted by molar-refractivity contribution is 0.120. The molecule has 1 aromatic rings. The number of ether oxygens (including phenoxy) is 1. The molecule has 0 unspecified atom stereocenters.